The van der Waals surface area contributed by atoms with Gasteiger partial charge in [-0.1, -0.05) is 44.1 Å². The van der Waals surface area contributed by atoms with Crippen LogP contribution in [0.3, 0.4) is 0 Å². The van der Waals surface area contributed by atoms with Crippen molar-refractivity contribution in [2.45, 2.75) is 69.6 Å². The molecule has 2 amide bonds. The molecule has 33 heavy (non-hydrogen) atoms. The standard InChI is InChI=1S/C25H36N2O6/c1-2-3-6-13-26-14-10-12-25-20(19-18(33-25)11-5-9-17-32-24(19)31)22(29)27(21(25)23(26)30)15-7-4-8-16-28/h5,10-12,18-21,28H,2-4,6-9,13-17H2,1H3/t18-,19?,20+,21-,25?/m1/s1. The molecule has 0 bridgehead atoms. The minimum absolute atomic E-state index is 0.0991. The second-order valence-electron chi connectivity index (χ2n) is 9.44. The van der Waals surface area contributed by atoms with Gasteiger partial charge >= 0.3 is 5.97 Å². The third kappa shape index (κ3) is 4.35. The number of carbonyl (C=O) groups is 3. The Morgan fingerprint density at radius 2 is 1.88 bits per heavy atom. The van der Waals surface area contributed by atoms with Crippen LogP contribution in [0.25, 0.3) is 0 Å². The molecule has 4 heterocycles. The highest BCUT2D eigenvalue weighted by atomic mass is 16.6. The summed E-state index contributed by atoms with van der Waals surface area (Å²) in [5.74, 6) is -2.29. The molecule has 2 unspecified atom stereocenters. The van der Waals surface area contributed by atoms with Gasteiger partial charge in [0.2, 0.25) is 11.8 Å². The van der Waals surface area contributed by atoms with Gasteiger partial charge in [0, 0.05) is 26.2 Å². The van der Waals surface area contributed by atoms with Crippen LogP contribution in [0, 0.1) is 11.8 Å². The van der Waals surface area contributed by atoms with Crippen LogP contribution in [0.5, 0.6) is 0 Å². The topological polar surface area (TPSA) is 96.4 Å². The smallest absolute Gasteiger partial charge is 0.312 e. The summed E-state index contributed by atoms with van der Waals surface area (Å²) in [4.78, 5) is 44.1. The van der Waals surface area contributed by atoms with Gasteiger partial charge in [-0.2, -0.15) is 0 Å². The summed E-state index contributed by atoms with van der Waals surface area (Å²) >= 11 is 0. The molecule has 1 N–H and O–H groups in total. The number of nitrogens with zero attached hydrogens (tertiary/aromatic N) is 2. The number of fused-ring (bicyclic) bond motifs is 2. The highest BCUT2D eigenvalue weighted by Gasteiger charge is 2.71. The summed E-state index contributed by atoms with van der Waals surface area (Å²) < 4.78 is 11.9. The minimum atomic E-state index is -1.17. The van der Waals surface area contributed by atoms with E-state index in [0.29, 0.717) is 38.9 Å². The van der Waals surface area contributed by atoms with Gasteiger partial charge in [-0.25, -0.2) is 0 Å². The molecule has 0 aliphatic carbocycles. The van der Waals surface area contributed by atoms with Crippen LogP contribution in [0.4, 0.5) is 0 Å². The predicted octanol–water partition coefficient (Wildman–Crippen LogP) is 1.82. The molecule has 2 saturated heterocycles. The van der Waals surface area contributed by atoms with Crippen LogP contribution in [0.15, 0.2) is 24.3 Å². The third-order valence-corrected chi connectivity index (χ3v) is 7.29. The lowest BCUT2D eigenvalue weighted by atomic mass is 9.77. The number of amides is 2. The number of aliphatic hydroxyl groups excluding tert-OH is 1. The van der Waals surface area contributed by atoms with Crippen LogP contribution in [-0.2, 0) is 23.9 Å². The van der Waals surface area contributed by atoms with Gasteiger partial charge in [-0.15, -0.1) is 0 Å². The lowest BCUT2D eigenvalue weighted by Gasteiger charge is -2.35. The van der Waals surface area contributed by atoms with E-state index >= 15 is 0 Å². The molecular weight excluding hydrogens is 424 g/mol. The lowest BCUT2D eigenvalue weighted by molar-refractivity contribution is -0.155. The Balaban J connectivity index is 1.69. The maximum Gasteiger partial charge on any atom is 0.312 e. The fraction of sp³-hybridized carbons (Fsp3) is 0.720. The Kier molecular flexibility index (Phi) is 7.54. The quantitative estimate of drug-likeness (QED) is 0.320. The maximum atomic E-state index is 13.9. The molecule has 0 aromatic carbocycles. The number of unbranched alkanes of at least 4 members (excludes halogenated alkanes) is 4. The molecule has 4 rings (SSSR count). The Morgan fingerprint density at radius 1 is 1.06 bits per heavy atom. The van der Waals surface area contributed by atoms with E-state index in [0.717, 1.165) is 25.7 Å². The van der Waals surface area contributed by atoms with Crippen molar-refractivity contribution in [3.63, 3.8) is 0 Å². The van der Waals surface area contributed by atoms with Crippen molar-refractivity contribution in [2.24, 2.45) is 11.8 Å². The van der Waals surface area contributed by atoms with Gasteiger partial charge in [0.25, 0.3) is 0 Å². The minimum Gasteiger partial charge on any atom is -0.465 e. The Hall–Kier alpha value is -2.19. The van der Waals surface area contributed by atoms with E-state index in [9.17, 15) is 14.4 Å². The normalized spacial score (nSPS) is 33.3. The van der Waals surface area contributed by atoms with E-state index in [1.54, 1.807) is 4.90 Å². The number of hydrogen-bond acceptors (Lipinski definition) is 6. The number of rotatable bonds is 9. The summed E-state index contributed by atoms with van der Waals surface area (Å²) in [5, 5.41) is 9.12. The highest BCUT2D eigenvalue weighted by Crippen LogP contribution is 2.53. The van der Waals surface area contributed by atoms with Gasteiger partial charge in [-0.3, -0.25) is 14.4 Å². The van der Waals surface area contributed by atoms with Crippen LogP contribution < -0.4 is 0 Å². The molecule has 4 aliphatic heterocycles. The number of ether oxygens (including phenoxy) is 2. The van der Waals surface area contributed by atoms with Gasteiger partial charge in [0.1, 0.15) is 17.6 Å². The first-order valence-corrected chi connectivity index (χ1v) is 12.4. The van der Waals surface area contributed by atoms with Crippen molar-refractivity contribution < 1.29 is 29.0 Å². The molecule has 0 aromatic heterocycles. The van der Waals surface area contributed by atoms with Crippen molar-refractivity contribution in [2.75, 3.05) is 32.8 Å². The predicted molar refractivity (Wildman–Crippen MR) is 121 cm³/mol. The molecule has 1 spiro atoms. The van der Waals surface area contributed by atoms with E-state index in [2.05, 4.69) is 6.92 Å². The van der Waals surface area contributed by atoms with Gasteiger partial charge in [-0.05, 0) is 32.1 Å². The van der Waals surface area contributed by atoms with E-state index in [1.807, 2.05) is 29.2 Å². The molecule has 4 aliphatic rings. The van der Waals surface area contributed by atoms with Crippen LogP contribution in [-0.4, -0.2) is 83.3 Å². The largest absolute Gasteiger partial charge is 0.465 e. The van der Waals surface area contributed by atoms with Crippen molar-refractivity contribution >= 4 is 17.8 Å². The molecule has 182 valence electrons. The lowest BCUT2D eigenvalue weighted by Crippen LogP contribution is -2.55. The number of cyclic esters (lactones) is 1. The SMILES string of the molecule is CCCCCN1CC=CC23O[C@@H]4C=CCCOC(=O)C4[C@H]2C(=O)N(CCCCCO)[C@@H]3C1=O. The number of hydrogen-bond donors (Lipinski definition) is 1. The second kappa shape index (κ2) is 10.4. The maximum absolute atomic E-state index is 13.9. The van der Waals surface area contributed by atoms with E-state index in [4.69, 9.17) is 14.6 Å². The zero-order chi connectivity index (χ0) is 23.4. The molecule has 0 radical (unpaired) electrons. The average molecular weight is 461 g/mol. The molecule has 8 heteroatoms. The Bertz CT molecular complexity index is 811. The molecule has 2 fully saturated rings. The molecule has 0 aromatic rings. The first-order valence-electron chi connectivity index (χ1n) is 12.4. The summed E-state index contributed by atoms with van der Waals surface area (Å²) in [7, 11) is 0. The molecule has 5 atom stereocenters. The number of aliphatic hydroxyl groups is 1. The van der Waals surface area contributed by atoms with Crippen molar-refractivity contribution in [3.8, 4) is 0 Å². The monoisotopic (exact) mass is 460 g/mol. The zero-order valence-corrected chi connectivity index (χ0v) is 19.5. The zero-order valence-electron chi connectivity index (χ0n) is 19.5. The van der Waals surface area contributed by atoms with E-state index in [-0.39, 0.29) is 25.0 Å². The van der Waals surface area contributed by atoms with Gasteiger partial charge in [0.05, 0.1) is 18.6 Å². The second-order valence-corrected chi connectivity index (χ2v) is 9.44. The van der Waals surface area contributed by atoms with Crippen LogP contribution in [0.1, 0.15) is 51.9 Å². The van der Waals surface area contributed by atoms with E-state index < -0.39 is 35.6 Å². The summed E-state index contributed by atoms with van der Waals surface area (Å²) in [6, 6.07) is -0.793. The van der Waals surface area contributed by atoms with Crippen LogP contribution >= 0.6 is 0 Å². The van der Waals surface area contributed by atoms with E-state index in [1.165, 1.54) is 0 Å². The average Bonchev–Trinajstić information content (AvgIpc) is 3.17. The van der Waals surface area contributed by atoms with Crippen molar-refractivity contribution in [1.29, 1.82) is 0 Å². The molecular formula is C25H36N2O6. The summed E-state index contributed by atoms with van der Waals surface area (Å²) in [5.41, 5.74) is -1.17. The Labute approximate surface area is 195 Å². The molecule has 8 nitrogen and oxygen atoms in total. The van der Waals surface area contributed by atoms with Crippen molar-refractivity contribution in [1.82, 2.24) is 9.80 Å². The number of carbonyl (C=O) groups excluding carboxylic acids is 3. The first kappa shape index (κ1) is 24.0. The van der Waals surface area contributed by atoms with Gasteiger partial charge in [0.15, 0.2) is 0 Å². The first-order chi connectivity index (χ1) is 16.0. The number of likely N-dealkylation sites (tertiary alicyclic amines) is 1. The van der Waals surface area contributed by atoms with Crippen molar-refractivity contribution in [3.05, 3.63) is 24.3 Å². The van der Waals surface area contributed by atoms with Gasteiger partial charge < -0.3 is 24.4 Å². The summed E-state index contributed by atoms with van der Waals surface area (Å²) in [6.07, 6.45) is 12.7. The fourth-order valence-electron chi connectivity index (χ4n) is 5.72. The highest BCUT2D eigenvalue weighted by molar-refractivity contribution is 5.99. The fourth-order valence-corrected chi connectivity index (χ4v) is 5.72. The summed E-state index contributed by atoms with van der Waals surface area (Å²) in [6.45, 7) is 4.01. The van der Waals surface area contributed by atoms with Crippen LogP contribution in [0.2, 0.25) is 0 Å². The molecule has 0 saturated carbocycles. The Morgan fingerprint density at radius 3 is 2.67 bits per heavy atom. The third-order valence-electron chi connectivity index (χ3n) is 7.29. The number of esters is 1.